The number of piperidine rings is 1. The van der Waals surface area contributed by atoms with Crippen LogP contribution in [-0.4, -0.2) is 33.6 Å². The van der Waals surface area contributed by atoms with Gasteiger partial charge in [0.15, 0.2) is 0 Å². The summed E-state index contributed by atoms with van der Waals surface area (Å²) < 4.78 is 15.3. The minimum absolute atomic E-state index is 0.0622. The number of halogens is 2. The molecule has 1 aliphatic carbocycles. The molecule has 1 aromatic carbocycles. The van der Waals surface area contributed by atoms with E-state index >= 15 is 0 Å². The Labute approximate surface area is 132 Å². The summed E-state index contributed by atoms with van der Waals surface area (Å²) in [6.07, 6.45) is 5.88. The van der Waals surface area contributed by atoms with Crippen molar-refractivity contribution >= 4 is 22.6 Å². The number of H-pyrrole nitrogens is 1. The Bertz CT molecular complexity index is 757. The normalized spacial score (nSPS) is 21.4. The first-order valence-electron chi connectivity index (χ1n) is 7.97. The molecule has 0 bridgehead atoms. The second kappa shape index (κ2) is 5.39. The third kappa shape index (κ3) is 2.27. The van der Waals surface area contributed by atoms with E-state index < -0.39 is 5.82 Å². The standard InChI is InChI=1S/C16H19ClFN3O/c17-12-8-15-14(9-13(12)18)19-16(22)21(15)11-4-6-20(7-5-11)10-2-1-3-10/h8-11H,1-7H2,(H,19,22). The maximum Gasteiger partial charge on any atom is 0.326 e. The van der Waals surface area contributed by atoms with Crippen LogP contribution in [0.3, 0.4) is 0 Å². The molecule has 1 aromatic heterocycles. The number of hydrogen-bond acceptors (Lipinski definition) is 2. The highest BCUT2D eigenvalue weighted by Gasteiger charge is 2.30. The number of hydrogen-bond donors (Lipinski definition) is 1. The highest BCUT2D eigenvalue weighted by molar-refractivity contribution is 6.31. The molecule has 2 fully saturated rings. The number of imidazole rings is 1. The highest BCUT2D eigenvalue weighted by atomic mass is 35.5. The van der Waals surface area contributed by atoms with Gasteiger partial charge in [-0.1, -0.05) is 18.0 Å². The van der Waals surface area contributed by atoms with E-state index in [0.29, 0.717) is 11.0 Å². The summed E-state index contributed by atoms with van der Waals surface area (Å²) in [4.78, 5) is 17.6. The van der Waals surface area contributed by atoms with Crippen LogP contribution in [0.25, 0.3) is 11.0 Å². The van der Waals surface area contributed by atoms with Crippen LogP contribution in [-0.2, 0) is 0 Å². The smallest absolute Gasteiger partial charge is 0.305 e. The summed E-state index contributed by atoms with van der Waals surface area (Å²) in [7, 11) is 0. The number of aromatic nitrogens is 2. The Morgan fingerprint density at radius 1 is 1.14 bits per heavy atom. The maximum absolute atomic E-state index is 13.5. The molecule has 2 aromatic rings. The molecule has 6 heteroatoms. The molecule has 0 amide bonds. The van der Waals surface area contributed by atoms with E-state index in [1.54, 1.807) is 10.6 Å². The lowest BCUT2D eigenvalue weighted by atomic mass is 9.89. The van der Waals surface area contributed by atoms with Crippen LogP contribution in [0.2, 0.25) is 5.02 Å². The fourth-order valence-electron chi connectivity index (χ4n) is 3.74. The van der Waals surface area contributed by atoms with Gasteiger partial charge in [-0.15, -0.1) is 0 Å². The van der Waals surface area contributed by atoms with Gasteiger partial charge >= 0.3 is 5.69 Å². The van der Waals surface area contributed by atoms with Gasteiger partial charge in [0.2, 0.25) is 0 Å². The van der Waals surface area contributed by atoms with E-state index in [4.69, 9.17) is 11.6 Å². The summed E-state index contributed by atoms with van der Waals surface area (Å²) in [5, 5.41) is 0.0622. The number of fused-ring (bicyclic) bond motifs is 1. The van der Waals surface area contributed by atoms with E-state index in [9.17, 15) is 9.18 Å². The number of likely N-dealkylation sites (tertiary alicyclic amines) is 1. The predicted octanol–water partition coefficient (Wildman–Crippen LogP) is 3.31. The molecule has 0 spiro atoms. The average molecular weight is 324 g/mol. The van der Waals surface area contributed by atoms with Crippen molar-refractivity contribution in [3.05, 3.63) is 33.5 Å². The monoisotopic (exact) mass is 323 g/mol. The molecule has 2 aliphatic rings. The Morgan fingerprint density at radius 3 is 2.50 bits per heavy atom. The zero-order valence-corrected chi connectivity index (χ0v) is 13.1. The minimum atomic E-state index is -0.498. The van der Waals surface area contributed by atoms with Crippen LogP contribution in [0, 0.1) is 5.82 Å². The Balaban J connectivity index is 1.62. The van der Waals surface area contributed by atoms with Crippen molar-refractivity contribution in [1.82, 2.24) is 14.5 Å². The van der Waals surface area contributed by atoms with Gasteiger partial charge in [0.25, 0.3) is 0 Å². The van der Waals surface area contributed by atoms with Crippen molar-refractivity contribution in [1.29, 1.82) is 0 Å². The number of nitrogens with one attached hydrogen (secondary N) is 1. The molecular formula is C16H19ClFN3O. The fourth-order valence-corrected chi connectivity index (χ4v) is 3.90. The van der Waals surface area contributed by atoms with E-state index in [2.05, 4.69) is 9.88 Å². The Kier molecular flexibility index (Phi) is 3.50. The van der Waals surface area contributed by atoms with Gasteiger partial charge < -0.3 is 9.88 Å². The van der Waals surface area contributed by atoms with Gasteiger partial charge in [0.1, 0.15) is 5.82 Å². The summed E-state index contributed by atoms with van der Waals surface area (Å²) in [5.74, 6) is -0.498. The molecule has 22 heavy (non-hydrogen) atoms. The first-order valence-corrected chi connectivity index (χ1v) is 8.34. The van der Waals surface area contributed by atoms with Crippen molar-refractivity contribution in [2.45, 2.75) is 44.2 Å². The molecule has 1 saturated heterocycles. The summed E-state index contributed by atoms with van der Waals surface area (Å²) >= 11 is 5.89. The van der Waals surface area contributed by atoms with Gasteiger partial charge in [0.05, 0.1) is 16.1 Å². The number of aromatic amines is 1. The molecular weight excluding hydrogens is 305 g/mol. The molecule has 0 unspecified atom stereocenters. The van der Waals surface area contributed by atoms with Crippen LogP contribution < -0.4 is 5.69 Å². The SMILES string of the molecule is O=c1[nH]c2cc(F)c(Cl)cc2n1C1CCN(C2CCC2)CC1. The van der Waals surface area contributed by atoms with Crippen molar-refractivity contribution in [2.75, 3.05) is 13.1 Å². The quantitative estimate of drug-likeness (QED) is 0.921. The first-order chi connectivity index (χ1) is 10.6. The molecule has 4 rings (SSSR count). The number of benzene rings is 1. The average Bonchev–Trinajstić information content (AvgIpc) is 2.74. The zero-order valence-electron chi connectivity index (χ0n) is 12.3. The van der Waals surface area contributed by atoms with Crippen molar-refractivity contribution in [2.24, 2.45) is 0 Å². The van der Waals surface area contributed by atoms with Crippen molar-refractivity contribution in [3.63, 3.8) is 0 Å². The van der Waals surface area contributed by atoms with Gasteiger partial charge in [0, 0.05) is 31.2 Å². The van der Waals surface area contributed by atoms with Crippen LogP contribution in [0.4, 0.5) is 4.39 Å². The van der Waals surface area contributed by atoms with E-state index in [1.807, 2.05) is 0 Å². The number of rotatable bonds is 2. The molecule has 2 heterocycles. The molecule has 118 valence electrons. The third-order valence-electron chi connectivity index (χ3n) is 5.21. The summed E-state index contributed by atoms with van der Waals surface area (Å²) in [5.41, 5.74) is 1.06. The molecule has 0 atom stereocenters. The van der Waals surface area contributed by atoms with Gasteiger partial charge in [-0.2, -0.15) is 0 Å². The Hall–Kier alpha value is -1.33. The fraction of sp³-hybridized carbons (Fsp3) is 0.562. The Morgan fingerprint density at radius 2 is 1.86 bits per heavy atom. The van der Waals surface area contributed by atoms with Gasteiger partial charge in [-0.05, 0) is 31.7 Å². The van der Waals surface area contributed by atoms with E-state index in [-0.39, 0.29) is 16.8 Å². The summed E-state index contributed by atoms with van der Waals surface area (Å²) in [6, 6.07) is 3.78. The molecule has 4 nitrogen and oxygen atoms in total. The first kappa shape index (κ1) is 14.3. The van der Waals surface area contributed by atoms with Crippen LogP contribution in [0.1, 0.15) is 38.1 Å². The van der Waals surface area contributed by atoms with Crippen LogP contribution in [0.15, 0.2) is 16.9 Å². The third-order valence-corrected chi connectivity index (χ3v) is 5.50. The molecule has 1 saturated carbocycles. The lowest BCUT2D eigenvalue weighted by molar-refractivity contribution is 0.0868. The van der Waals surface area contributed by atoms with Crippen molar-refractivity contribution in [3.8, 4) is 0 Å². The topological polar surface area (TPSA) is 41.0 Å². The molecule has 0 radical (unpaired) electrons. The zero-order chi connectivity index (χ0) is 15.3. The lowest BCUT2D eigenvalue weighted by Crippen LogP contribution is -2.45. The van der Waals surface area contributed by atoms with Crippen LogP contribution >= 0.6 is 11.6 Å². The van der Waals surface area contributed by atoms with E-state index in [0.717, 1.165) is 32.0 Å². The summed E-state index contributed by atoms with van der Waals surface area (Å²) in [6.45, 7) is 2.06. The van der Waals surface area contributed by atoms with Gasteiger partial charge in [-0.25, -0.2) is 9.18 Å². The second-order valence-electron chi connectivity index (χ2n) is 6.44. The number of nitrogens with zero attached hydrogens (tertiary/aromatic N) is 2. The maximum atomic E-state index is 13.5. The predicted molar refractivity (Wildman–Crippen MR) is 85.0 cm³/mol. The van der Waals surface area contributed by atoms with Gasteiger partial charge in [-0.3, -0.25) is 4.57 Å². The molecule has 1 N–H and O–H groups in total. The second-order valence-corrected chi connectivity index (χ2v) is 6.84. The minimum Gasteiger partial charge on any atom is -0.305 e. The highest BCUT2D eigenvalue weighted by Crippen LogP contribution is 2.32. The van der Waals surface area contributed by atoms with Crippen LogP contribution in [0.5, 0.6) is 0 Å². The lowest BCUT2D eigenvalue weighted by Gasteiger charge is -2.41. The largest absolute Gasteiger partial charge is 0.326 e. The van der Waals surface area contributed by atoms with Crippen molar-refractivity contribution < 1.29 is 4.39 Å². The molecule has 1 aliphatic heterocycles. The van der Waals surface area contributed by atoms with E-state index in [1.165, 1.54) is 25.3 Å².